The van der Waals surface area contributed by atoms with Crippen molar-refractivity contribution < 1.29 is 13.2 Å². The maximum absolute atomic E-state index is 11.7. The molecule has 1 rings (SSSR count). The summed E-state index contributed by atoms with van der Waals surface area (Å²) in [6, 6.07) is 9.39. The number of rotatable bonds is 3. The normalized spacial score (nSPS) is 12.2. The molecule has 0 aliphatic rings. The Hall–Kier alpha value is -1.25. The zero-order valence-corrected chi connectivity index (χ0v) is 7.59. The molecule has 0 N–H and O–H groups in total. The van der Waals surface area contributed by atoms with E-state index in [1.54, 1.807) is 6.08 Å². The van der Waals surface area contributed by atoms with Crippen LogP contribution in [0.2, 0.25) is 0 Å². The van der Waals surface area contributed by atoms with E-state index in [0.29, 0.717) is 6.42 Å². The van der Waals surface area contributed by atoms with E-state index in [4.69, 9.17) is 0 Å². The van der Waals surface area contributed by atoms with Crippen LogP contribution in [0, 0.1) is 0 Å². The van der Waals surface area contributed by atoms with Gasteiger partial charge in [-0.05, 0) is 12.0 Å². The zero-order valence-electron chi connectivity index (χ0n) is 7.59. The first kappa shape index (κ1) is 10.8. The van der Waals surface area contributed by atoms with Crippen LogP contribution in [0.5, 0.6) is 0 Å². The lowest BCUT2D eigenvalue weighted by Crippen LogP contribution is -2.04. The number of hydrogen-bond donors (Lipinski definition) is 0. The van der Waals surface area contributed by atoms with Crippen molar-refractivity contribution in [2.75, 3.05) is 0 Å². The SMILES string of the molecule is FC(F)(F)C/C=C/Cc1ccccc1. The molecule has 76 valence electrons. The minimum Gasteiger partial charge on any atom is -0.171 e. The highest BCUT2D eigenvalue weighted by Gasteiger charge is 2.24. The smallest absolute Gasteiger partial charge is 0.171 e. The molecule has 0 aliphatic carbocycles. The molecule has 0 bridgehead atoms. The quantitative estimate of drug-likeness (QED) is 0.652. The Kier molecular flexibility index (Phi) is 3.74. The fraction of sp³-hybridized carbons (Fsp3) is 0.273. The first-order valence-electron chi connectivity index (χ1n) is 4.33. The molecule has 0 amide bonds. The summed E-state index contributed by atoms with van der Waals surface area (Å²) >= 11 is 0. The van der Waals surface area contributed by atoms with E-state index >= 15 is 0 Å². The van der Waals surface area contributed by atoms with Crippen molar-refractivity contribution in [1.29, 1.82) is 0 Å². The van der Waals surface area contributed by atoms with Gasteiger partial charge < -0.3 is 0 Å². The highest BCUT2D eigenvalue weighted by Crippen LogP contribution is 2.19. The molecule has 0 spiro atoms. The van der Waals surface area contributed by atoms with Crippen molar-refractivity contribution in [3.63, 3.8) is 0 Å². The van der Waals surface area contributed by atoms with Crippen LogP contribution >= 0.6 is 0 Å². The summed E-state index contributed by atoms with van der Waals surface area (Å²) in [5.41, 5.74) is 1.02. The standard InChI is InChI=1S/C11H11F3/c12-11(13,14)9-5-4-8-10-6-2-1-3-7-10/h1-7H,8-9H2/b5-4+. The molecule has 0 saturated heterocycles. The first-order valence-corrected chi connectivity index (χ1v) is 4.33. The predicted octanol–water partition coefficient (Wildman–Crippen LogP) is 3.74. The Balaban J connectivity index is 2.35. The van der Waals surface area contributed by atoms with Gasteiger partial charge in [-0.3, -0.25) is 0 Å². The van der Waals surface area contributed by atoms with Crippen LogP contribution < -0.4 is 0 Å². The fourth-order valence-electron chi connectivity index (χ4n) is 1.05. The monoisotopic (exact) mass is 200 g/mol. The van der Waals surface area contributed by atoms with E-state index in [-0.39, 0.29) is 0 Å². The van der Waals surface area contributed by atoms with Crippen LogP contribution in [0.4, 0.5) is 13.2 Å². The van der Waals surface area contributed by atoms with E-state index < -0.39 is 12.6 Å². The number of hydrogen-bond acceptors (Lipinski definition) is 0. The second kappa shape index (κ2) is 4.84. The third-order valence-electron chi connectivity index (χ3n) is 1.71. The van der Waals surface area contributed by atoms with Crippen molar-refractivity contribution >= 4 is 0 Å². The Labute approximate surface area is 81.1 Å². The number of alkyl halides is 3. The van der Waals surface area contributed by atoms with Gasteiger partial charge in [0.1, 0.15) is 0 Å². The average molecular weight is 200 g/mol. The summed E-state index contributed by atoms with van der Waals surface area (Å²) in [6.07, 6.45) is -1.68. The summed E-state index contributed by atoms with van der Waals surface area (Å²) in [6.45, 7) is 0. The van der Waals surface area contributed by atoms with Gasteiger partial charge in [0.25, 0.3) is 0 Å². The van der Waals surface area contributed by atoms with E-state index in [1.807, 2.05) is 30.3 Å². The third-order valence-corrected chi connectivity index (χ3v) is 1.71. The van der Waals surface area contributed by atoms with Crippen LogP contribution in [-0.4, -0.2) is 6.18 Å². The lowest BCUT2D eigenvalue weighted by molar-refractivity contribution is -0.125. The number of halogens is 3. The van der Waals surface area contributed by atoms with Gasteiger partial charge in [-0.15, -0.1) is 0 Å². The Bertz CT molecular complexity index is 285. The van der Waals surface area contributed by atoms with Crippen molar-refractivity contribution in [3.05, 3.63) is 48.0 Å². The van der Waals surface area contributed by atoms with Crippen LogP contribution in [0.15, 0.2) is 42.5 Å². The van der Waals surface area contributed by atoms with E-state index in [1.165, 1.54) is 0 Å². The van der Waals surface area contributed by atoms with E-state index in [0.717, 1.165) is 11.6 Å². The largest absolute Gasteiger partial charge is 0.392 e. The van der Waals surface area contributed by atoms with Gasteiger partial charge in [-0.25, -0.2) is 0 Å². The molecule has 1 aromatic rings. The number of benzene rings is 1. The minimum absolute atomic E-state index is 0.552. The molecule has 0 unspecified atom stereocenters. The van der Waals surface area contributed by atoms with Crippen molar-refractivity contribution in [3.8, 4) is 0 Å². The van der Waals surface area contributed by atoms with Gasteiger partial charge in [0, 0.05) is 0 Å². The third kappa shape index (κ3) is 4.70. The van der Waals surface area contributed by atoms with E-state index in [2.05, 4.69) is 0 Å². The maximum atomic E-state index is 11.7. The molecule has 0 saturated carbocycles. The van der Waals surface area contributed by atoms with Gasteiger partial charge >= 0.3 is 6.18 Å². The molecule has 0 radical (unpaired) electrons. The molecular formula is C11H11F3. The Morgan fingerprint density at radius 3 is 2.21 bits per heavy atom. The molecule has 0 aromatic heterocycles. The summed E-state index contributed by atoms with van der Waals surface area (Å²) in [5.74, 6) is 0. The summed E-state index contributed by atoms with van der Waals surface area (Å²) in [5, 5.41) is 0. The van der Waals surface area contributed by atoms with Gasteiger partial charge in [0.05, 0.1) is 6.42 Å². The Morgan fingerprint density at radius 2 is 1.64 bits per heavy atom. The summed E-state index contributed by atoms with van der Waals surface area (Å²) in [4.78, 5) is 0. The molecule has 1 aromatic carbocycles. The molecule has 0 nitrogen and oxygen atoms in total. The highest BCUT2D eigenvalue weighted by atomic mass is 19.4. The number of allylic oxidation sites excluding steroid dienone is 2. The van der Waals surface area contributed by atoms with Gasteiger partial charge in [0.2, 0.25) is 0 Å². The second-order valence-corrected chi connectivity index (χ2v) is 2.98. The average Bonchev–Trinajstić information content (AvgIpc) is 2.13. The van der Waals surface area contributed by atoms with Gasteiger partial charge in [0.15, 0.2) is 0 Å². The molecule has 3 heteroatoms. The van der Waals surface area contributed by atoms with Gasteiger partial charge in [-0.2, -0.15) is 13.2 Å². The molecule has 0 atom stereocenters. The van der Waals surface area contributed by atoms with Crippen molar-refractivity contribution in [2.24, 2.45) is 0 Å². The molecule has 0 heterocycles. The summed E-state index contributed by atoms with van der Waals surface area (Å²) < 4.78 is 35.2. The first-order chi connectivity index (χ1) is 6.58. The predicted molar refractivity (Wildman–Crippen MR) is 50.0 cm³/mol. The second-order valence-electron chi connectivity index (χ2n) is 2.98. The fourth-order valence-corrected chi connectivity index (χ4v) is 1.05. The summed E-state index contributed by atoms with van der Waals surface area (Å²) in [7, 11) is 0. The lowest BCUT2D eigenvalue weighted by atomic mass is 10.1. The minimum atomic E-state index is -4.09. The highest BCUT2D eigenvalue weighted by molar-refractivity contribution is 5.17. The van der Waals surface area contributed by atoms with Crippen molar-refractivity contribution in [2.45, 2.75) is 19.0 Å². The van der Waals surface area contributed by atoms with Gasteiger partial charge in [-0.1, -0.05) is 42.5 Å². The van der Waals surface area contributed by atoms with Crippen LogP contribution in [-0.2, 0) is 6.42 Å². The maximum Gasteiger partial charge on any atom is 0.392 e. The Morgan fingerprint density at radius 1 is 1.00 bits per heavy atom. The zero-order chi connectivity index (χ0) is 10.4. The topological polar surface area (TPSA) is 0 Å². The molecule has 0 fully saturated rings. The van der Waals surface area contributed by atoms with Crippen LogP contribution in [0.3, 0.4) is 0 Å². The molecule has 0 aliphatic heterocycles. The van der Waals surface area contributed by atoms with Crippen LogP contribution in [0.25, 0.3) is 0 Å². The van der Waals surface area contributed by atoms with Crippen molar-refractivity contribution in [1.82, 2.24) is 0 Å². The molecule has 14 heavy (non-hydrogen) atoms. The lowest BCUT2D eigenvalue weighted by Gasteiger charge is -2.00. The molecular weight excluding hydrogens is 189 g/mol. The van der Waals surface area contributed by atoms with Crippen LogP contribution in [0.1, 0.15) is 12.0 Å². The van der Waals surface area contributed by atoms with E-state index in [9.17, 15) is 13.2 Å².